The van der Waals surface area contributed by atoms with Gasteiger partial charge in [0.1, 0.15) is 11.5 Å². The summed E-state index contributed by atoms with van der Waals surface area (Å²) < 4.78 is 30.8. The van der Waals surface area contributed by atoms with Crippen LogP contribution in [0.3, 0.4) is 0 Å². The van der Waals surface area contributed by atoms with Gasteiger partial charge >= 0.3 is 0 Å². The Morgan fingerprint density at radius 3 is 1.88 bits per heavy atom. The Bertz CT molecular complexity index is 3170. The van der Waals surface area contributed by atoms with Crippen molar-refractivity contribution in [1.82, 2.24) is 18.7 Å². The number of benzene rings is 7. The molecule has 7 aromatic carbocycles. The molecule has 0 aliphatic carbocycles. The number of aryl methyl sites for hydroxylation is 1. The van der Waals surface area contributed by atoms with E-state index >= 15 is 0 Å². The highest BCUT2D eigenvalue weighted by Gasteiger charge is 2.25. The Morgan fingerprint density at radius 2 is 1.17 bits per heavy atom. The maximum Gasteiger partial charge on any atom is 0.191 e. The van der Waals surface area contributed by atoms with Crippen LogP contribution < -0.4 is 4.90 Å². The highest BCUT2D eigenvalue weighted by Crippen LogP contribution is 2.48. The summed E-state index contributed by atoms with van der Waals surface area (Å²) in [4.78, 5) is 7.35. The number of rotatable bonds is 7. The van der Waals surface area contributed by atoms with Gasteiger partial charge in [0.2, 0.25) is 0 Å². The molecule has 0 saturated carbocycles. The Hall–Kier alpha value is -7.24. The fourth-order valence-electron chi connectivity index (χ4n) is 8.34. The van der Waals surface area contributed by atoms with Gasteiger partial charge in [-0.1, -0.05) is 124 Å². The monoisotopic (exact) mass is 753 g/mol. The van der Waals surface area contributed by atoms with Crippen molar-refractivity contribution in [3.63, 3.8) is 0 Å². The minimum absolute atomic E-state index is 0.0633. The van der Waals surface area contributed by atoms with Crippen molar-refractivity contribution in [3.05, 3.63) is 200 Å². The molecule has 10 aromatic rings. The van der Waals surface area contributed by atoms with Crippen LogP contribution in [0.5, 0.6) is 0 Å². The zero-order valence-electron chi connectivity index (χ0n) is 35.7. The van der Waals surface area contributed by atoms with E-state index in [-0.39, 0.29) is 5.41 Å². The average Bonchev–Trinajstić information content (AvgIpc) is 3.84. The summed E-state index contributed by atoms with van der Waals surface area (Å²) >= 11 is 0. The molecule has 3 aromatic heterocycles. The van der Waals surface area contributed by atoms with Crippen LogP contribution in [0.4, 0.5) is 17.1 Å². The summed E-state index contributed by atoms with van der Waals surface area (Å²) in [6.45, 7) is 4.34. The van der Waals surface area contributed by atoms with Crippen molar-refractivity contribution >= 4 is 49.9 Å². The minimum atomic E-state index is -2.36. The lowest BCUT2D eigenvalue weighted by atomic mass is 9.88. The van der Waals surface area contributed by atoms with E-state index in [1.165, 1.54) is 10.1 Å². The van der Waals surface area contributed by atoms with Crippen LogP contribution in [0.2, 0.25) is 0 Å². The number of pyridine rings is 1. The van der Waals surface area contributed by atoms with E-state index in [4.69, 9.17) is 9.10 Å². The molecule has 10 rings (SSSR count). The molecule has 0 aliphatic rings. The third-order valence-electron chi connectivity index (χ3n) is 11.2. The number of hydrogen-bond acceptors (Lipinski definition) is 2. The molecule has 58 heavy (non-hydrogen) atoms. The Kier molecular flexibility index (Phi) is 7.73. The smallest absolute Gasteiger partial charge is 0.191 e. The number of fused-ring (bicyclic) bond motifs is 4. The van der Waals surface area contributed by atoms with Gasteiger partial charge in [-0.05, 0) is 76.7 Å². The van der Waals surface area contributed by atoms with Crippen molar-refractivity contribution in [2.45, 2.75) is 26.2 Å². The van der Waals surface area contributed by atoms with Crippen LogP contribution in [0, 0.1) is 0 Å². The first-order valence-electron chi connectivity index (χ1n) is 21.2. The van der Waals surface area contributed by atoms with E-state index in [0.717, 1.165) is 78.1 Å². The second-order valence-electron chi connectivity index (χ2n) is 15.8. The molecule has 0 aliphatic heterocycles. The lowest BCUT2D eigenvalue weighted by Gasteiger charge is -2.30. The molecule has 0 spiro atoms. The molecule has 5 heteroatoms. The number of aromatic nitrogens is 4. The van der Waals surface area contributed by atoms with Crippen molar-refractivity contribution < 1.29 is 4.11 Å². The number of para-hydroxylation sites is 4. The molecule has 0 bridgehead atoms. The summed E-state index contributed by atoms with van der Waals surface area (Å²) in [7, 11) is 0. The van der Waals surface area contributed by atoms with Crippen molar-refractivity contribution in [3.8, 4) is 33.8 Å². The summed E-state index contributed by atoms with van der Waals surface area (Å²) in [5, 5.41) is 2.28. The van der Waals surface area contributed by atoms with Gasteiger partial charge in [0.05, 0.1) is 22.4 Å². The first-order valence-corrected chi connectivity index (χ1v) is 19.7. The second-order valence-corrected chi connectivity index (χ2v) is 15.8. The van der Waals surface area contributed by atoms with Crippen LogP contribution in [-0.2, 0) is 12.4 Å². The van der Waals surface area contributed by atoms with Crippen molar-refractivity contribution in [2.75, 3.05) is 4.90 Å². The summed E-state index contributed by atoms with van der Waals surface area (Å²) in [5.74, 6) is 0.862. The maximum atomic E-state index is 8.37. The number of anilines is 3. The predicted octanol–water partition coefficient (Wildman–Crippen LogP) is 13.8. The van der Waals surface area contributed by atoms with Gasteiger partial charge in [0.15, 0.2) is 17.4 Å². The molecular formula is C53H44N5+. The lowest BCUT2D eigenvalue weighted by molar-refractivity contribution is 0.588. The largest absolute Gasteiger partial charge is 0.308 e. The lowest BCUT2D eigenvalue weighted by Crippen LogP contribution is -2.14. The Labute approximate surface area is 343 Å². The molecule has 0 unspecified atom stereocenters. The summed E-state index contributed by atoms with van der Waals surface area (Å²) in [6, 6.07) is 63.3. The summed E-state index contributed by atoms with van der Waals surface area (Å²) in [5.41, 5.74) is 12.7. The van der Waals surface area contributed by atoms with Gasteiger partial charge < -0.3 is 4.90 Å². The molecule has 0 N–H and O–H groups in total. The van der Waals surface area contributed by atoms with E-state index in [1.54, 1.807) is 6.33 Å². The predicted molar refractivity (Wildman–Crippen MR) is 243 cm³/mol. The fraction of sp³-hybridized carbons (Fsp3) is 0.0943. The van der Waals surface area contributed by atoms with Gasteiger partial charge in [0, 0.05) is 69.1 Å². The molecule has 0 amide bonds. The zero-order valence-corrected chi connectivity index (χ0v) is 32.7. The van der Waals surface area contributed by atoms with Crippen molar-refractivity contribution in [1.29, 1.82) is 0 Å². The van der Waals surface area contributed by atoms with E-state index in [1.807, 2.05) is 53.2 Å². The van der Waals surface area contributed by atoms with Gasteiger partial charge in [-0.3, -0.25) is 4.57 Å². The van der Waals surface area contributed by atoms with E-state index in [2.05, 4.69) is 170 Å². The van der Waals surface area contributed by atoms with E-state index in [9.17, 15) is 0 Å². The normalized spacial score (nSPS) is 12.8. The second kappa shape index (κ2) is 14.1. The highest BCUT2D eigenvalue weighted by molar-refractivity contribution is 6.11. The first-order chi connectivity index (χ1) is 29.5. The third kappa shape index (κ3) is 6.03. The molecule has 3 heterocycles. The number of nitrogens with zero attached hydrogens (tertiary/aromatic N) is 5. The number of hydrogen-bond donors (Lipinski definition) is 0. The standard InChI is InChI=1S/C53H44N5/c1-53(2,3)39-31-32-54-51(33-39)58-47-26-12-11-23-45(47)46-30-29-42(35-50(46)58)57(41-22-15-21-40(34-41)56-36-55(4)48-27-13-14-28-49(48)56)52-43(37-17-7-5-8-18-37)24-16-25-44(52)38-19-9-6-10-20-38/h5-36H,1-4H3/q+1/i4D3. The Morgan fingerprint density at radius 1 is 0.552 bits per heavy atom. The summed E-state index contributed by atoms with van der Waals surface area (Å²) in [6.07, 6.45) is 3.61. The first kappa shape index (κ1) is 31.9. The van der Waals surface area contributed by atoms with Crippen LogP contribution in [0.25, 0.3) is 66.6 Å². The molecule has 280 valence electrons. The van der Waals surface area contributed by atoms with E-state index < -0.39 is 6.98 Å². The third-order valence-corrected chi connectivity index (χ3v) is 11.2. The Balaban J connectivity index is 1.29. The minimum Gasteiger partial charge on any atom is -0.308 e. The van der Waals surface area contributed by atoms with Gasteiger partial charge in [-0.15, -0.1) is 0 Å². The SMILES string of the molecule is [2H]C([2H])([2H])n1[cH+]n(-c2cccc(N(c3ccc4c5ccccc5n(-c5cc(C(C)(C)C)ccn5)c4c3)c3c(-c4ccccc4)cccc3-c3ccccc3)c2)c2ccccc21. The van der Waals surface area contributed by atoms with Gasteiger partial charge in [-0.25, -0.2) is 9.55 Å². The van der Waals surface area contributed by atoms with Gasteiger partial charge in [0.25, 0.3) is 0 Å². The average molecular weight is 754 g/mol. The van der Waals surface area contributed by atoms with Crippen LogP contribution >= 0.6 is 0 Å². The van der Waals surface area contributed by atoms with E-state index in [0.29, 0.717) is 5.52 Å². The zero-order chi connectivity index (χ0) is 41.9. The molecule has 0 atom stereocenters. The molecule has 0 saturated heterocycles. The highest BCUT2D eigenvalue weighted by atomic mass is 15.2. The van der Waals surface area contributed by atoms with Gasteiger partial charge in [-0.2, -0.15) is 4.57 Å². The quantitative estimate of drug-likeness (QED) is 0.152. The molecular weight excluding hydrogens is 707 g/mol. The number of imidazole rings is 1. The molecule has 0 radical (unpaired) electrons. The molecule has 5 nitrogen and oxygen atoms in total. The van der Waals surface area contributed by atoms with Crippen molar-refractivity contribution in [2.24, 2.45) is 6.98 Å². The van der Waals surface area contributed by atoms with Crippen LogP contribution in [0.15, 0.2) is 195 Å². The van der Waals surface area contributed by atoms with Crippen LogP contribution in [0.1, 0.15) is 30.4 Å². The topological polar surface area (TPSA) is 30.9 Å². The van der Waals surface area contributed by atoms with Crippen LogP contribution in [-0.4, -0.2) is 18.7 Å². The fourth-order valence-corrected chi connectivity index (χ4v) is 8.34. The maximum absolute atomic E-state index is 8.37. The molecule has 0 fully saturated rings.